The van der Waals surface area contributed by atoms with E-state index in [-0.39, 0.29) is 12.4 Å². The number of methoxy groups -OCH3 is 1. The largest absolute Gasteiger partial charge is 0.469 e. The molecular formula is C21H23N5O4. The summed E-state index contributed by atoms with van der Waals surface area (Å²) in [6.45, 7) is 2.52. The molecule has 0 saturated carbocycles. The summed E-state index contributed by atoms with van der Waals surface area (Å²) in [5.74, 6) is 0.267. The van der Waals surface area contributed by atoms with Gasteiger partial charge in [0.1, 0.15) is 0 Å². The highest BCUT2D eigenvalue weighted by atomic mass is 16.5. The van der Waals surface area contributed by atoms with Gasteiger partial charge < -0.3 is 9.30 Å². The molecule has 9 heteroatoms. The first-order valence-corrected chi connectivity index (χ1v) is 9.64. The van der Waals surface area contributed by atoms with Crippen molar-refractivity contribution >= 4 is 22.9 Å². The van der Waals surface area contributed by atoms with Gasteiger partial charge >= 0.3 is 11.7 Å². The molecule has 0 spiro atoms. The topological polar surface area (TPSA) is 92.5 Å². The first-order valence-electron chi connectivity index (χ1n) is 9.64. The Hall–Kier alpha value is -3.62. The maximum atomic E-state index is 12.8. The number of fused-ring (bicyclic) bond motifs is 3. The van der Waals surface area contributed by atoms with Gasteiger partial charge in [-0.25, -0.2) is 4.79 Å². The fourth-order valence-corrected chi connectivity index (χ4v) is 3.67. The number of carbonyl (C=O) groups excluding carboxylic acids is 1. The van der Waals surface area contributed by atoms with E-state index in [0.717, 1.165) is 21.4 Å². The molecule has 30 heavy (non-hydrogen) atoms. The maximum absolute atomic E-state index is 12.8. The van der Waals surface area contributed by atoms with Crippen molar-refractivity contribution in [3.8, 4) is 11.3 Å². The molecule has 4 rings (SSSR count). The van der Waals surface area contributed by atoms with E-state index in [1.54, 1.807) is 11.4 Å². The molecule has 0 N–H and O–H groups in total. The number of aryl methyl sites for hydroxylation is 3. The third-order valence-corrected chi connectivity index (χ3v) is 5.39. The minimum atomic E-state index is -0.427. The van der Waals surface area contributed by atoms with Crippen LogP contribution in [0.25, 0.3) is 28.2 Å². The number of aromatic nitrogens is 5. The van der Waals surface area contributed by atoms with Crippen molar-refractivity contribution in [2.24, 2.45) is 14.1 Å². The number of rotatable bonds is 5. The minimum Gasteiger partial charge on any atom is -0.469 e. The van der Waals surface area contributed by atoms with Gasteiger partial charge in [-0.05, 0) is 18.9 Å². The number of benzene rings is 1. The van der Waals surface area contributed by atoms with Crippen LogP contribution in [0.3, 0.4) is 0 Å². The molecular weight excluding hydrogens is 386 g/mol. The summed E-state index contributed by atoms with van der Waals surface area (Å²) < 4.78 is 10.9. The van der Waals surface area contributed by atoms with Gasteiger partial charge in [0.05, 0.1) is 12.8 Å². The summed E-state index contributed by atoms with van der Waals surface area (Å²) in [6.07, 6.45) is 2.68. The van der Waals surface area contributed by atoms with Crippen LogP contribution in [-0.4, -0.2) is 36.2 Å². The second kappa shape index (κ2) is 7.33. The average molecular weight is 409 g/mol. The Bertz CT molecular complexity index is 1390. The van der Waals surface area contributed by atoms with Crippen molar-refractivity contribution < 1.29 is 9.53 Å². The van der Waals surface area contributed by atoms with Crippen molar-refractivity contribution in [1.82, 2.24) is 23.1 Å². The number of hydrogen-bond donors (Lipinski definition) is 0. The lowest BCUT2D eigenvalue weighted by molar-refractivity contribution is -0.140. The van der Waals surface area contributed by atoms with Crippen LogP contribution in [0.5, 0.6) is 0 Å². The van der Waals surface area contributed by atoms with Crippen molar-refractivity contribution in [2.75, 3.05) is 7.11 Å². The number of imidazole rings is 2. The maximum Gasteiger partial charge on any atom is 0.332 e. The Morgan fingerprint density at radius 1 is 1.10 bits per heavy atom. The Morgan fingerprint density at radius 3 is 2.47 bits per heavy atom. The Kier molecular flexibility index (Phi) is 4.81. The molecule has 0 fully saturated rings. The predicted octanol–water partition coefficient (Wildman–Crippen LogP) is 1.62. The second-order valence-electron chi connectivity index (χ2n) is 7.37. The number of carbonyl (C=O) groups is 1. The lowest BCUT2D eigenvalue weighted by atomic mass is 10.1. The van der Waals surface area contributed by atoms with Crippen LogP contribution in [0.1, 0.15) is 18.4 Å². The second-order valence-corrected chi connectivity index (χ2v) is 7.37. The van der Waals surface area contributed by atoms with E-state index in [9.17, 15) is 14.4 Å². The monoisotopic (exact) mass is 409 g/mol. The zero-order valence-electron chi connectivity index (χ0n) is 17.4. The highest BCUT2D eigenvalue weighted by molar-refractivity contribution is 5.78. The number of nitrogens with zero attached hydrogens (tertiary/aromatic N) is 5. The van der Waals surface area contributed by atoms with Gasteiger partial charge in [-0.1, -0.05) is 29.8 Å². The highest BCUT2D eigenvalue weighted by Gasteiger charge is 2.20. The summed E-state index contributed by atoms with van der Waals surface area (Å²) in [4.78, 5) is 41.3. The molecule has 0 saturated heterocycles. The van der Waals surface area contributed by atoms with Gasteiger partial charge in [0.15, 0.2) is 11.2 Å². The molecule has 9 nitrogen and oxygen atoms in total. The van der Waals surface area contributed by atoms with Crippen LogP contribution in [-0.2, 0) is 30.2 Å². The van der Waals surface area contributed by atoms with Gasteiger partial charge in [-0.2, -0.15) is 4.98 Å². The van der Waals surface area contributed by atoms with Crippen LogP contribution < -0.4 is 11.2 Å². The zero-order chi connectivity index (χ0) is 21.6. The van der Waals surface area contributed by atoms with Crippen molar-refractivity contribution in [3.05, 3.63) is 56.9 Å². The first-order chi connectivity index (χ1) is 14.3. The third kappa shape index (κ3) is 3.02. The fraction of sp³-hybridized carbons (Fsp3) is 0.333. The van der Waals surface area contributed by atoms with Crippen LogP contribution in [0.15, 0.2) is 40.1 Å². The smallest absolute Gasteiger partial charge is 0.332 e. The van der Waals surface area contributed by atoms with E-state index in [4.69, 9.17) is 4.74 Å². The molecule has 0 aliphatic carbocycles. The molecule has 3 heterocycles. The van der Waals surface area contributed by atoms with Crippen molar-refractivity contribution in [1.29, 1.82) is 0 Å². The summed E-state index contributed by atoms with van der Waals surface area (Å²) >= 11 is 0. The molecule has 1 aromatic carbocycles. The summed E-state index contributed by atoms with van der Waals surface area (Å²) in [5, 5.41) is 0. The quantitative estimate of drug-likeness (QED) is 0.467. The molecule has 0 aliphatic rings. The standard InChI is InChI=1S/C21H23N5O4/c1-13-7-9-14(10-8-13)15-12-26-17-18(23(2)21(29)24(3)19(17)28)22-20(26)25(15)11-5-6-16(27)30-4/h7-10,12H,5-6,11H2,1-4H3. The van der Waals surface area contributed by atoms with E-state index >= 15 is 0 Å². The normalized spacial score (nSPS) is 11.5. The average Bonchev–Trinajstić information content (AvgIpc) is 3.28. The van der Waals surface area contributed by atoms with E-state index < -0.39 is 11.2 Å². The number of esters is 1. The van der Waals surface area contributed by atoms with Gasteiger partial charge in [0, 0.05) is 33.3 Å². The van der Waals surface area contributed by atoms with Crippen molar-refractivity contribution in [2.45, 2.75) is 26.3 Å². The number of hydrogen-bond acceptors (Lipinski definition) is 5. The molecule has 0 amide bonds. The zero-order valence-corrected chi connectivity index (χ0v) is 17.4. The van der Waals surface area contributed by atoms with Gasteiger partial charge in [-0.3, -0.25) is 23.1 Å². The van der Waals surface area contributed by atoms with E-state index in [1.807, 2.05) is 42.0 Å². The lowest BCUT2D eigenvalue weighted by Crippen LogP contribution is -2.37. The SMILES string of the molecule is COC(=O)CCCn1c(-c2ccc(C)cc2)cn2c3c(=O)n(C)c(=O)n(C)c3nc12. The third-order valence-electron chi connectivity index (χ3n) is 5.39. The van der Waals surface area contributed by atoms with Crippen LogP contribution in [0.4, 0.5) is 0 Å². The highest BCUT2D eigenvalue weighted by Crippen LogP contribution is 2.26. The molecule has 0 atom stereocenters. The molecule has 0 unspecified atom stereocenters. The van der Waals surface area contributed by atoms with Crippen LogP contribution in [0.2, 0.25) is 0 Å². The predicted molar refractivity (Wildman–Crippen MR) is 113 cm³/mol. The van der Waals surface area contributed by atoms with Crippen LogP contribution >= 0.6 is 0 Å². The molecule has 0 radical (unpaired) electrons. The lowest BCUT2D eigenvalue weighted by Gasteiger charge is -2.09. The van der Waals surface area contributed by atoms with E-state index in [2.05, 4.69) is 4.98 Å². The number of ether oxygens (including phenoxy) is 1. The van der Waals surface area contributed by atoms with Crippen molar-refractivity contribution in [3.63, 3.8) is 0 Å². The minimum absolute atomic E-state index is 0.272. The van der Waals surface area contributed by atoms with Gasteiger partial charge in [0.25, 0.3) is 5.56 Å². The van der Waals surface area contributed by atoms with E-state index in [0.29, 0.717) is 29.9 Å². The summed E-state index contributed by atoms with van der Waals surface area (Å²) in [7, 11) is 4.42. The Labute approximate surface area is 171 Å². The van der Waals surface area contributed by atoms with Crippen LogP contribution in [0, 0.1) is 6.92 Å². The van der Waals surface area contributed by atoms with Gasteiger partial charge in [-0.15, -0.1) is 0 Å². The Morgan fingerprint density at radius 2 is 1.80 bits per heavy atom. The van der Waals surface area contributed by atoms with E-state index in [1.165, 1.54) is 18.7 Å². The molecule has 0 bridgehead atoms. The van der Waals surface area contributed by atoms with Gasteiger partial charge in [0.2, 0.25) is 5.78 Å². The first kappa shape index (κ1) is 19.7. The fourth-order valence-electron chi connectivity index (χ4n) is 3.67. The summed E-state index contributed by atoms with van der Waals surface area (Å²) in [6, 6.07) is 8.06. The molecule has 3 aromatic heterocycles. The molecule has 156 valence electrons. The Balaban J connectivity index is 1.96. The summed E-state index contributed by atoms with van der Waals surface area (Å²) in [5.41, 5.74) is 2.83. The molecule has 0 aliphatic heterocycles. The molecule has 4 aromatic rings.